The molecule has 0 atom stereocenters. The monoisotopic (exact) mass is 217 g/mol. The average molecular weight is 217 g/mol. The highest BCUT2D eigenvalue weighted by Crippen LogP contribution is 2.19. The van der Waals surface area contributed by atoms with Gasteiger partial charge in [0.15, 0.2) is 0 Å². The number of nitrogens with zero attached hydrogens (tertiary/aromatic N) is 3. The Morgan fingerprint density at radius 2 is 1.69 bits per heavy atom. The summed E-state index contributed by atoms with van der Waals surface area (Å²) in [5, 5.41) is 16.5. The molecular formula is C11H11N3O2. The predicted octanol–water partition coefficient (Wildman–Crippen LogP) is 1.58. The van der Waals surface area contributed by atoms with E-state index in [0.29, 0.717) is 5.56 Å². The SMILES string of the molecule is Cc1cc(-n2cnnc2)cc(C)c1C(=O)O. The molecule has 2 aromatic rings. The number of carboxylic acids is 1. The van der Waals surface area contributed by atoms with Gasteiger partial charge in [-0.1, -0.05) is 0 Å². The summed E-state index contributed by atoms with van der Waals surface area (Å²) in [5.41, 5.74) is 2.69. The van der Waals surface area contributed by atoms with Crippen LogP contribution in [0.2, 0.25) is 0 Å². The van der Waals surface area contributed by atoms with Gasteiger partial charge in [-0.05, 0) is 37.1 Å². The van der Waals surface area contributed by atoms with Crippen LogP contribution in [0.25, 0.3) is 5.69 Å². The molecule has 2 rings (SSSR count). The second kappa shape index (κ2) is 3.77. The van der Waals surface area contributed by atoms with Crippen LogP contribution in [0.3, 0.4) is 0 Å². The van der Waals surface area contributed by atoms with Gasteiger partial charge in [-0.15, -0.1) is 10.2 Å². The highest BCUT2D eigenvalue weighted by atomic mass is 16.4. The van der Waals surface area contributed by atoms with Gasteiger partial charge in [0, 0.05) is 5.69 Å². The van der Waals surface area contributed by atoms with Crippen molar-refractivity contribution >= 4 is 5.97 Å². The van der Waals surface area contributed by atoms with E-state index in [1.165, 1.54) is 0 Å². The molecule has 0 radical (unpaired) electrons. The van der Waals surface area contributed by atoms with Gasteiger partial charge in [-0.25, -0.2) is 4.79 Å². The van der Waals surface area contributed by atoms with Crippen LogP contribution in [-0.2, 0) is 0 Å². The Kier molecular flexibility index (Phi) is 2.44. The molecule has 5 nitrogen and oxygen atoms in total. The quantitative estimate of drug-likeness (QED) is 0.829. The minimum Gasteiger partial charge on any atom is -0.478 e. The number of rotatable bonds is 2. The minimum atomic E-state index is -0.898. The Morgan fingerprint density at radius 3 is 2.12 bits per heavy atom. The maximum atomic E-state index is 11.0. The lowest BCUT2D eigenvalue weighted by molar-refractivity contribution is 0.0695. The first-order chi connectivity index (χ1) is 7.59. The van der Waals surface area contributed by atoms with Gasteiger partial charge in [-0.3, -0.25) is 4.57 Å². The van der Waals surface area contributed by atoms with Crippen molar-refractivity contribution in [2.24, 2.45) is 0 Å². The van der Waals surface area contributed by atoms with Crippen LogP contribution in [0, 0.1) is 13.8 Å². The maximum absolute atomic E-state index is 11.0. The molecule has 1 N–H and O–H groups in total. The van der Waals surface area contributed by atoms with Crippen molar-refractivity contribution in [2.75, 3.05) is 0 Å². The average Bonchev–Trinajstić information content (AvgIpc) is 2.67. The first kappa shape index (κ1) is 10.4. The first-order valence-corrected chi connectivity index (χ1v) is 4.79. The molecule has 0 fully saturated rings. The number of aromatic carboxylic acids is 1. The van der Waals surface area contributed by atoms with Gasteiger partial charge in [0.05, 0.1) is 5.56 Å². The van der Waals surface area contributed by atoms with Crippen LogP contribution >= 0.6 is 0 Å². The second-order valence-corrected chi connectivity index (χ2v) is 3.63. The van der Waals surface area contributed by atoms with Crippen molar-refractivity contribution in [3.8, 4) is 5.69 Å². The number of carboxylic acid groups (broad SMARTS) is 1. The van der Waals surface area contributed by atoms with Gasteiger partial charge in [0.25, 0.3) is 0 Å². The minimum absolute atomic E-state index is 0.358. The van der Waals surface area contributed by atoms with Gasteiger partial charge in [0.2, 0.25) is 0 Å². The lowest BCUT2D eigenvalue weighted by Crippen LogP contribution is -2.04. The zero-order chi connectivity index (χ0) is 11.7. The molecule has 16 heavy (non-hydrogen) atoms. The molecule has 0 spiro atoms. The van der Waals surface area contributed by atoms with Crippen molar-refractivity contribution in [2.45, 2.75) is 13.8 Å². The molecule has 0 saturated carbocycles. The third kappa shape index (κ3) is 1.67. The smallest absolute Gasteiger partial charge is 0.336 e. The van der Waals surface area contributed by atoms with E-state index in [9.17, 15) is 4.79 Å². The van der Waals surface area contributed by atoms with Crippen LogP contribution in [0.4, 0.5) is 0 Å². The summed E-state index contributed by atoms with van der Waals surface area (Å²) in [7, 11) is 0. The van der Waals surface area contributed by atoms with Crippen molar-refractivity contribution in [3.63, 3.8) is 0 Å². The number of aryl methyl sites for hydroxylation is 2. The second-order valence-electron chi connectivity index (χ2n) is 3.63. The summed E-state index contributed by atoms with van der Waals surface area (Å²) in [4.78, 5) is 11.0. The fourth-order valence-electron chi connectivity index (χ4n) is 1.76. The molecule has 1 heterocycles. The van der Waals surface area contributed by atoms with E-state index in [0.717, 1.165) is 16.8 Å². The number of hydrogen-bond donors (Lipinski definition) is 1. The number of hydrogen-bond acceptors (Lipinski definition) is 3. The molecular weight excluding hydrogens is 206 g/mol. The third-order valence-corrected chi connectivity index (χ3v) is 2.45. The number of benzene rings is 1. The van der Waals surface area contributed by atoms with E-state index in [2.05, 4.69) is 10.2 Å². The molecule has 0 bridgehead atoms. The highest BCUT2D eigenvalue weighted by molar-refractivity contribution is 5.91. The Labute approximate surface area is 92.4 Å². The van der Waals surface area contributed by atoms with E-state index in [-0.39, 0.29) is 0 Å². The fraction of sp³-hybridized carbons (Fsp3) is 0.182. The molecule has 5 heteroatoms. The molecule has 0 saturated heterocycles. The Bertz CT molecular complexity index is 509. The summed E-state index contributed by atoms with van der Waals surface area (Å²) < 4.78 is 1.74. The van der Waals surface area contributed by atoms with Crippen molar-refractivity contribution in [3.05, 3.63) is 41.5 Å². The van der Waals surface area contributed by atoms with E-state index in [4.69, 9.17) is 5.11 Å². The van der Waals surface area contributed by atoms with Crippen molar-refractivity contribution in [1.82, 2.24) is 14.8 Å². The zero-order valence-electron chi connectivity index (χ0n) is 9.01. The maximum Gasteiger partial charge on any atom is 0.336 e. The summed E-state index contributed by atoms with van der Waals surface area (Å²) in [5.74, 6) is -0.898. The van der Waals surface area contributed by atoms with Crippen LogP contribution < -0.4 is 0 Å². The summed E-state index contributed by atoms with van der Waals surface area (Å²) >= 11 is 0. The normalized spacial score (nSPS) is 10.4. The van der Waals surface area contributed by atoms with E-state index < -0.39 is 5.97 Å². The van der Waals surface area contributed by atoms with Gasteiger partial charge >= 0.3 is 5.97 Å². The molecule has 0 aliphatic heterocycles. The summed E-state index contributed by atoms with van der Waals surface area (Å²) in [6.07, 6.45) is 3.16. The Morgan fingerprint density at radius 1 is 1.19 bits per heavy atom. The first-order valence-electron chi connectivity index (χ1n) is 4.79. The van der Waals surface area contributed by atoms with Gasteiger partial charge < -0.3 is 5.11 Å². The standard InChI is InChI=1S/C11H11N3O2/c1-7-3-9(14-5-12-13-6-14)4-8(2)10(7)11(15)16/h3-6H,1-2H3,(H,15,16). The predicted molar refractivity (Wildman–Crippen MR) is 57.8 cm³/mol. The molecule has 0 aliphatic carbocycles. The van der Waals surface area contributed by atoms with Crippen LogP contribution in [0.15, 0.2) is 24.8 Å². The Hall–Kier alpha value is -2.17. The lowest BCUT2D eigenvalue weighted by atomic mass is 10.0. The number of aromatic nitrogens is 3. The summed E-state index contributed by atoms with van der Waals surface area (Å²) in [6.45, 7) is 3.56. The lowest BCUT2D eigenvalue weighted by Gasteiger charge is -2.09. The van der Waals surface area contributed by atoms with Crippen LogP contribution in [0.1, 0.15) is 21.5 Å². The van der Waals surface area contributed by atoms with Gasteiger partial charge in [-0.2, -0.15) is 0 Å². The van der Waals surface area contributed by atoms with Crippen LogP contribution in [0.5, 0.6) is 0 Å². The van der Waals surface area contributed by atoms with E-state index >= 15 is 0 Å². The molecule has 1 aromatic heterocycles. The van der Waals surface area contributed by atoms with E-state index in [1.54, 1.807) is 43.2 Å². The van der Waals surface area contributed by atoms with Gasteiger partial charge in [0.1, 0.15) is 12.7 Å². The number of carbonyl (C=O) groups is 1. The fourth-order valence-corrected chi connectivity index (χ4v) is 1.76. The van der Waals surface area contributed by atoms with Crippen LogP contribution in [-0.4, -0.2) is 25.8 Å². The summed E-state index contributed by atoms with van der Waals surface area (Å²) in [6, 6.07) is 3.61. The van der Waals surface area contributed by atoms with Crippen molar-refractivity contribution in [1.29, 1.82) is 0 Å². The highest BCUT2D eigenvalue weighted by Gasteiger charge is 2.12. The largest absolute Gasteiger partial charge is 0.478 e. The molecule has 82 valence electrons. The molecule has 0 amide bonds. The van der Waals surface area contributed by atoms with Crippen molar-refractivity contribution < 1.29 is 9.90 Å². The zero-order valence-corrected chi connectivity index (χ0v) is 9.01. The topological polar surface area (TPSA) is 68.0 Å². The third-order valence-electron chi connectivity index (χ3n) is 2.45. The molecule has 0 aliphatic rings. The Balaban J connectivity index is 2.58. The van der Waals surface area contributed by atoms with E-state index in [1.807, 2.05) is 0 Å². The molecule has 0 unspecified atom stereocenters. The molecule has 1 aromatic carbocycles.